The number of aromatic nitrogens is 3. The number of rotatable bonds is 3. The number of hydrogen-bond acceptors (Lipinski definition) is 2. The lowest BCUT2D eigenvalue weighted by Crippen LogP contribution is -2.38. The van der Waals surface area contributed by atoms with Gasteiger partial charge in [0, 0.05) is 23.1 Å². The maximum absolute atomic E-state index is 13.4. The van der Waals surface area contributed by atoms with Crippen LogP contribution in [0.3, 0.4) is 0 Å². The Morgan fingerprint density at radius 3 is 2.92 bits per heavy atom. The third kappa shape index (κ3) is 2.92. The van der Waals surface area contributed by atoms with Gasteiger partial charge in [-0.1, -0.05) is 0 Å². The van der Waals surface area contributed by atoms with E-state index in [0.717, 1.165) is 41.7 Å². The van der Waals surface area contributed by atoms with Crippen molar-refractivity contribution in [1.29, 1.82) is 0 Å². The van der Waals surface area contributed by atoms with Gasteiger partial charge in [0.25, 0.3) is 5.91 Å². The van der Waals surface area contributed by atoms with Crippen molar-refractivity contribution < 1.29 is 9.18 Å². The zero-order valence-electron chi connectivity index (χ0n) is 14.4. The molecule has 6 heteroatoms. The van der Waals surface area contributed by atoms with Gasteiger partial charge in [-0.25, -0.2) is 4.39 Å². The minimum atomic E-state index is -0.297. The Labute approximate surface area is 145 Å². The van der Waals surface area contributed by atoms with Gasteiger partial charge < -0.3 is 9.88 Å². The molecule has 3 aromatic rings. The number of amides is 1. The molecular weight excluding hydrogens is 319 g/mol. The summed E-state index contributed by atoms with van der Waals surface area (Å²) in [6.45, 7) is 5.46. The Hall–Kier alpha value is -2.63. The van der Waals surface area contributed by atoms with Gasteiger partial charge in [0.2, 0.25) is 0 Å². The van der Waals surface area contributed by atoms with Gasteiger partial charge in [0.15, 0.2) is 0 Å². The van der Waals surface area contributed by atoms with Crippen molar-refractivity contribution in [3.63, 3.8) is 0 Å². The molecule has 0 unspecified atom stereocenters. The summed E-state index contributed by atoms with van der Waals surface area (Å²) in [4.78, 5) is 18.0. The smallest absolute Gasteiger partial charge is 0.270 e. The minimum Gasteiger partial charge on any atom is -0.351 e. The molecule has 25 heavy (non-hydrogen) atoms. The summed E-state index contributed by atoms with van der Waals surface area (Å²) in [5.41, 5.74) is 3.39. The van der Waals surface area contributed by atoms with Crippen molar-refractivity contribution in [1.82, 2.24) is 19.7 Å². The second-order valence-electron chi connectivity index (χ2n) is 6.82. The average molecular weight is 340 g/mol. The first-order valence-electron chi connectivity index (χ1n) is 8.61. The van der Waals surface area contributed by atoms with Crippen LogP contribution in [0.4, 0.5) is 4.39 Å². The van der Waals surface area contributed by atoms with Gasteiger partial charge in [0.1, 0.15) is 11.5 Å². The number of aromatic amines is 1. The maximum Gasteiger partial charge on any atom is 0.270 e. The first-order valence-corrected chi connectivity index (χ1v) is 8.61. The zero-order chi connectivity index (χ0) is 17.6. The molecule has 1 aromatic carbocycles. The van der Waals surface area contributed by atoms with Crippen LogP contribution in [0.25, 0.3) is 10.9 Å². The Bertz CT molecular complexity index is 942. The van der Waals surface area contributed by atoms with Gasteiger partial charge in [0.05, 0.1) is 18.3 Å². The predicted molar refractivity (Wildman–Crippen MR) is 94.0 cm³/mol. The molecule has 4 rings (SSSR count). The molecule has 0 aliphatic carbocycles. The van der Waals surface area contributed by atoms with Crippen LogP contribution < -0.4 is 0 Å². The summed E-state index contributed by atoms with van der Waals surface area (Å²) in [5, 5.41) is 5.23. The van der Waals surface area contributed by atoms with E-state index in [-0.39, 0.29) is 17.8 Å². The summed E-state index contributed by atoms with van der Waals surface area (Å²) < 4.78 is 15.4. The van der Waals surface area contributed by atoms with E-state index in [1.165, 1.54) is 12.1 Å². The molecule has 1 fully saturated rings. The van der Waals surface area contributed by atoms with E-state index in [1.807, 2.05) is 29.5 Å². The number of halogens is 1. The van der Waals surface area contributed by atoms with Crippen LogP contribution in [-0.2, 0) is 6.54 Å². The van der Waals surface area contributed by atoms with Gasteiger partial charge in [-0.3, -0.25) is 9.48 Å². The van der Waals surface area contributed by atoms with E-state index in [0.29, 0.717) is 12.2 Å². The first-order chi connectivity index (χ1) is 12.0. The monoisotopic (exact) mass is 340 g/mol. The Balaban J connectivity index is 1.58. The molecule has 1 aliphatic rings. The highest BCUT2D eigenvalue weighted by Gasteiger charge is 2.31. The molecular formula is C19H21FN4O. The van der Waals surface area contributed by atoms with Crippen molar-refractivity contribution in [2.45, 2.75) is 39.3 Å². The van der Waals surface area contributed by atoms with Gasteiger partial charge in [-0.15, -0.1) is 0 Å². The molecule has 1 atom stereocenters. The van der Waals surface area contributed by atoms with E-state index in [4.69, 9.17) is 0 Å². The standard InChI is InChI=1S/C19H21FN4O/c1-12-8-13(2)24(22-12)11-16-4-3-7-23(16)19(25)18-10-14-9-15(20)5-6-17(14)21-18/h5-6,8-10,16,21H,3-4,7,11H2,1-2H3/t16-/m0/s1. The summed E-state index contributed by atoms with van der Waals surface area (Å²) in [7, 11) is 0. The van der Waals surface area contributed by atoms with Crippen LogP contribution >= 0.6 is 0 Å². The first kappa shape index (κ1) is 15.9. The van der Waals surface area contributed by atoms with Crippen LogP contribution in [0.15, 0.2) is 30.3 Å². The van der Waals surface area contributed by atoms with Crippen molar-refractivity contribution in [3.05, 3.63) is 53.2 Å². The maximum atomic E-state index is 13.4. The lowest BCUT2D eigenvalue weighted by Gasteiger charge is -2.24. The molecule has 1 aliphatic heterocycles. The topological polar surface area (TPSA) is 53.9 Å². The number of nitrogens with zero attached hydrogens (tertiary/aromatic N) is 3. The highest BCUT2D eigenvalue weighted by atomic mass is 19.1. The van der Waals surface area contributed by atoms with Crippen LogP contribution in [-0.4, -0.2) is 38.2 Å². The van der Waals surface area contributed by atoms with E-state index in [2.05, 4.69) is 10.1 Å². The van der Waals surface area contributed by atoms with E-state index >= 15 is 0 Å². The van der Waals surface area contributed by atoms with Gasteiger partial charge >= 0.3 is 0 Å². The third-order valence-corrected chi connectivity index (χ3v) is 4.94. The molecule has 130 valence electrons. The zero-order valence-corrected chi connectivity index (χ0v) is 14.4. The highest BCUT2D eigenvalue weighted by Crippen LogP contribution is 2.24. The molecule has 1 N–H and O–H groups in total. The number of carbonyl (C=O) groups is 1. The Morgan fingerprint density at radius 1 is 1.32 bits per heavy atom. The fourth-order valence-electron chi connectivity index (χ4n) is 3.73. The van der Waals surface area contributed by atoms with E-state index < -0.39 is 0 Å². The lowest BCUT2D eigenvalue weighted by molar-refractivity contribution is 0.0716. The molecule has 0 saturated carbocycles. The summed E-state index contributed by atoms with van der Waals surface area (Å²) >= 11 is 0. The molecule has 5 nitrogen and oxygen atoms in total. The number of hydrogen-bond donors (Lipinski definition) is 1. The number of fused-ring (bicyclic) bond motifs is 1. The second kappa shape index (κ2) is 6.02. The molecule has 1 saturated heterocycles. The predicted octanol–water partition coefficient (Wildman–Crippen LogP) is 3.43. The van der Waals surface area contributed by atoms with Crippen LogP contribution in [0.5, 0.6) is 0 Å². The number of H-pyrrole nitrogens is 1. The van der Waals surface area contributed by atoms with Gasteiger partial charge in [-0.2, -0.15) is 5.10 Å². The number of carbonyl (C=O) groups excluding carboxylic acids is 1. The molecule has 1 amide bonds. The molecule has 3 heterocycles. The van der Waals surface area contributed by atoms with E-state index in [9.17, 15) is 9.18 Å². The molecule has 0 bridgehead atoms. The average Bonchev–Trinajstić information content (AvgIpc) is 3.26. The van der Waals surface area contributed by atoms with Gasteiger partial charge in [-0.05, 0) is 57.0 Å². The van der Waals surface area contributed by atoms with E-state index in [1.54, 1.807) is 12.1 Å². The normalized spacial score (nSPS) is 17.6. The van der Waals surface area contributed by atoms with Crippen molar-refractivity contribution in [3.8, 4) is 0 Å². The van der Waals surface area contributed by atoms with Crippen LogP contribution in [0, 0.1) is 19.7 Å². The quantitative estimate of drug-likeness (QED) is 0.794. The van der Waals surface area contributed by atoms with Crippen molar-refractivity contribution in [2.24, 2.45) is 0 Å². The number of likely N-dealkylation sites (tertiary alicyclic amines) is 1. The fraction of sp³-hybridized carbons (Fsp3) is 0.368. The molecule has 0 radical (unpaired) electrons. The Morgan fingerprint density at radius 2 is 2.16 bits per heavy atom. The summed E-state index contributed by atoms with van der Waals surface area (Å²) in [6, 6.07) is 8.42. The summed E-state index contributed by atoms with van der Waals surface area (Å²) in [6.07, 6.45) is 1.96. The number of benzene rings is 1. The van der Waals surface area contributed by atoms with Crippen LogP contribution in [0.2, 0.25) is 0 Å². The van der Waals surface area contributed by atoms with Crippen molar-refractivity contribution >= 4 is 16.8 Å². The summed E-state index contributed by atoms with van der Waals surface area (Å²) in [5.74, 6) is -0.324. The Kier molecular flexibility index (Phi) is 3.82. The number of aryl methyl sites for hydroxylation is 2. The third-order valence-electron chi connectivity index (χ3n) is 4.94. The fourth-order valence-corrected chi connectivity index (χ4v) is 3.73. The molecule has 0 spiro atoms. The molecule has 2 aromatic heterocycles. The largest absolute Gasteiger partial charge is 0.351 e. The number of nitrogens with one attached hydrogen (secondary N) is 1. The second-order valence-corrected chi connectivity index (χ2v) is 6.82. The van der Waals surface area contributed by atoms with Crippen LogP contribution in [0.1, 0.15) is 34.7 Å². The van der Waals surface area contributed by atoms with Crippen molar-refractivity contribution in [2.75, 3.05) is 6.54 Å². The highest BCUT2D eigenvalue weighted by molar-refractivity contribution is 5.98. The minimum absolute atomic E-state index is 0.0272. The lowest BCUT2D eigenvalue weighted by atomic mass is 10.2. The SMILES string of the molecule is Cc1cc(C)n(C[C@@H]2CCCN2C(=O)c2cc3cc(F)ccc3[nH]2)n1.